The van der Waals surface area contributed by atoms with Gasteiger partial charge in [-0.2, -0.15) is 5.26 Å². The summed E-state index contributed by atoms with van der Waals surface area (Å²) in [6.07, 6.45) is 4.49. The van der Waals surface area contributed by atoms with Crippen molar-refractivity contribution in [3.63, 3.8) is 0 Å². The Labute approximate surface area is 147 Å². The van der Waals surface area contributed by atoms with E-state index in [0.29, 0.717) is 22.5 Å². The summed E-state index contributed by atoms with van der Waals surface area (Å²) < 4.78 is 0. The van der Waals surface area contributed by atoms with E-state index in [1.807, 2.05) is 13.0 Å². The molecule has 0 spiro atoms. The van der Waals surface area contributed by atoms with E-state index in [0.717, 1.165) is 5.57 Å². The largest absolute Gasteiger partial charge is 0.344 e. The number of rotatable bonds is 3. The Morgan fingerprint density at radius 1 is 1.19 bits per heavy atom. The number of benzene rings is 1. The normalized spacial score (nSPS) is 12.2. The van der Waals surface area contributed by atoms with Crippen LogP contribution in [0.25, 0.3) is 17.7 Å². The van der Waals surface area contributed by atoms with Crippen molar-refractivity contribution in [3.8, 4) is 6.07 Å². The van der Waals surface area contributed by atoms with Gasteiger partial charge in [-0.15, -0.1) is 0 Å². The van der Waals surface area contributed by atoms with Crippen LogP contribution in [0.5, 0.6) is 0 Å². The van der Waals surface area contributed by atoms with Crippen molar-refractivity contribution >= 4 is 17.7 Å². The quantitative estimate of drug-likeness (QED) is 0.634. The fraction of sp³-hybridized carbons (Fsp3) is 0.0526. The first-order valence-electron chi connectivity index (χ1n) is 7.73. The van der Waals surface area contributed by atoms with Crippen LogP contribution in [0.4, 0.5) is 0 Å². The number of hydrogen-bond acceptors (Lipinski definition) is 4. The minimum atomic E-state index is -0.456. The lowest BCUT2D eigenvalue weighted by molar-refractivity contribution is 1.00. The summed E-state index contributed by atoms with van der Waals surface area (Å²) in [5.41, 5.74) is 2.15. The third kappa shape index (κ3) is 3.44. The highest BCUT2D eigenvalue weighted by Crippen LogP contribution is 2.12. The average Bonchev–Trinajstić information content (AvgIpc) is 3.08. The van der Waals surface area contributed by atoms with Crippen LogP contribution in [0.15, 0.2) is 46.8 Å². The molecule has 2 aromatic heterocycles. The lowest BCUT2D eigenvalue weighted by atomic mass is 10.1. The van der Waals surface area contributed by atoms with Crippen LogP contribution < -0.4 is 21.8 Å². The Balaban J connectivity index is 2.14. The zero-order valence-corrected chi connectivity index (χ0v) is 14.0. The van der Waals surface area contributed by atoms with E-state index in [1.165, 1.54) is 18.5 Å². The summed E-state index contributed by atoms with van der Waals surface area (Å²) >= 11 is 0. The standard InChI is InChI=1S/C19H15N5O2/c1-11(2)17-14(21-10-22-17)8-16-19(26)23-15(18(25)24-16)7-12-4-3-5-13(6-12)9-20/h3-8,10H,1H2,2H3,(H,21,22)(H,23,26)(H,24,25)/b15-7-,16-8-. The molecule has 0 amide bonds. The second-order valence-electron chi connectivity index (χ2n) is 5.70. The molecule has 2 heterocycles. The van der Waals surface area contributed by atoms with Crippen molar-refractivity contribution in [2.75, 3.05) is 0 Å². The van der Waals surface area contributed by atoms with Gasteiger partial charge in [-0.25, -0.2) is 4.98 Å². The molecule has 3 aromatic rings. The minimum absolute atomic E-state index is 0.0903. The summed E-state index contributed by atoms with van der Waals surface area (Å²) in [6.45, 7) is 5.65. The molecule has 0 fully saturated rings. The van der Waals surface area contributed by atoms with Crippen molar-refractivity contribution in [2.24, 2.45) is 0 Å². The Morgan fingerprint density at radius 3 is 2.54 bits per heavy atom. The van der Waals surface area contributed by atoms with E-state index in [1.54, 1.807) is 24.3 Å². The van der Waals surface area contributed by atoms with Gasteiger partial charge in [-0.05, 0) is 42.3 Å². The lowest BCUT2D eigenvalue weighted by Crippen LogP contribution is -2.46. The second-order valence-corrected chi connectivity index (χ2v) is 5.70. The number of nitrogens with zero attached hydrogens (tertiary/aromatic N) is 2. The summed E-state index contributed by atoms with van der Waals surface area (Å²) in [4.78, 5) is 36.8. The van der Waals surface area contributed by atoms with E-state index in [4.69, 9.17) is 5.26 Å². The molecular weight excluding hydrogens is 330 g/mol. The number of allylic oxidation sites excluding steroid dienone is 1. The summed E-state index contributed by atoms with van der Waals surface area (Å²) in [7, 11) is 0. The van der Waals surface area contributed by atoms with Crippen LogP contribution in [0.2, 0.25) is 0 Å². The summed E-state index contributed by atoms with van der Waals surface area (Å²) in [6, 6.07) is 8.75. The maximum absolute atomic E-state index is 12.3. The Bertz CT molecular complexity index is 1270. The van der Waals surface area contributed by atoms with Crippen LogP contribution in [-0.4, -0.2) is 19.9 Å². The summed E-state index contributed by atoms with van der Waals surface area (Å²) in [5, 5.41) is 9.13. The van der Waals surface area contributed by atoms with E-state index >= 15 is 0 Å². The van der Waals surface area contributed by atoms with Gasteiger partial charge in [0, 0.05) is 0 Å². The van der Waals surface area contributed by atoms with Gasteiger partial charge in [0.05, 0.1) is 29.3 Å². The number of nitriles is 1. The molecule has 0 saturated carbocycles. The van der Waals surface area contributed by atoms with E-state index in [9.17, 15) is 9.59 Å². The number of nitrogens with one attached hydrogen (secondary N) is 3. The second kappa shape index (κ2) is 6.91. The minimum Gasteiger partial charge on any atom is -0.344 e. The van der Waals surface area contributed by atoms with Crippen molar-refractivity contribution in [1.82, 2.24) is 19.9 Å². The van der Waals surface area contributed by atoms with Crippen molar-refractivity contribution in [1.29, 1.82) is 5.26 Å². The third-order valence-electron chi connectivity index (χ3n) is 3.69. The van der Waals surface area contributed by atoms with E-state index in [-0.39, 0.29) is 10.7 Å². The molecule has 7 nitrogen and oxygen atoms in total. The number of aromatic nitrogens is 4. The lowest BCUT2D eigenvalue weighted by Gasteiger charge is -1.96. The Kier molecular flexibility index (Phi) is 4.50. The van der Waals surface area contributed by atoms with Crippen molar-refractivity contribution in [2.45, 2.75) is 6.92 Å². The molecule has 0 atom stereocenters. The topological polar surface area (TPSA) is 118 Å². The predicted octanol–water partition coefficient (Wildman–Crippen LogP) is 0.349. The maximum Gasteiger partial charge on any atom is 0.272 e. The molecule has 0 aliphatic heterocycles. The summed E-state index contributed by atoms with van der Waals surface area (Å²) in [5.74, 6) is 0. The molecule has 0 aliphatic rings. The van der Waals surface area contributed by atoms with Gasteiger partial charge in [-0.3, -0.25) is 9.59 Å². The highest BCUT2D eigenvalue weighted by Gasteiger charge is 2.04. The number of imidazole rings is 1. The molecular formula is C19H15N5O2. The molecule has 0 unspecified atom stereocenters. The number of aromatic amines is 3. The first-order chi connectivity index (χ1) is 12.5. The zero-order valence-electron chi connectivity index (χ0n) is 14.0. The third-order valence-corrected chi connectivity index (χ3v) is 3.69. The SMILES string of the molecule is C=C(C)c1[nH]cnc1/C=c1\[nH]c(=O)/c(=C/c2cccc(C#N)c2)[nH]c1=O. The number of hydrogen-bond donors (Lipinski definition) is 3. The van der Waals surface area contributed by atoms with Crippen LogP contribution in [0.1, 0.15) is 29.4 Å². The fourth-order valence-electron chi connectivity index (χ4n) is 2.45. The first-order valence-corrected chi connectivity index (χ1v) is 7.73. The fourth-order valence-corrected chi connectivity index (χ4v) is 2.45. The molecule has 0 radical (unpaired) electrons. The van der Waals surface area contributed by atoms with Gasteiger partial charge >= 0.3 is 0 Å². The molecule has 1 aromatic carbocycles. The van der Waals surface area contributed by atoms with E-state index < -0.39 is 11.1 Å². The van der Waals surface area contributed by atoms with Crippen LogP contribution >= 0.6 is 0 Å². The highest BCUT2D eigenvalue weighted by atomic mass is 16.1. The number of H-pyrrole nitrogens is 3. The smallest absolute Gasteiger partial charge is 0.272 e. The average molecular weight is 345 g/mol. The molecule has 3 rings (SSSR count). The molecule has 0 saturated heterocycles. The van der Waals surface area contributed by atoms with Gasteiger partial charge in [-0.1, -0.05) is 18.7 Å². The van der Waals surface area contributed by atoms with Crippen LogP contribution in [0.3, 0.4) is 0 Å². The van der Waals surface area contributed by atoms with Crippen molar-refractivity contribution in [3.05, 3.63) is 91.1 Å². The Hall–Kier alpha value is -3.92. The molecule has 26 heavy (non-hydrogen) atoms. The monoisotopic (exact) mass is 345 g/mol. The highest BCUT2D eigenvalue weighted by molar-refractivity contribution is 5.66. The predicted molar refractivity (Wildman–Crippen MR) is 98.5 cm³/mol. The Morgan fingerprint density at radius 2 is 1.88 bits per heavy atom. The molecule has 3 N–H and O–H groups in total. The van der Waals surface area contributed by atoms with Crippen LogP contribution in [0, 0.1) is 11.3 Å². The van der Waals surface area contributed by atoms with Gasteiger partial charge in [0.1, 0.15) is 10.7 Å². The molecule has 0 aliphatic carbocycles. The van der Waals surface area contributed by atoms with Gasteiger partial charge < -0.3 is 15.0 Å². The van der Waals surface area contributed by atoms with E-state index in [2.05, 4.69) is 26.5 Å². The maximum atomic E-state index is 12.3. The molecule has 7 heteroatoms. The van der Waals surface area contributed by atoms with Crippen molar-refractivity contribution < 1.29 is 0 Å². The van der Waals surface area contributed by atoms with Gasteiger partial charge in [0.25, 0.3) is 11.1 Å². The molecule has 128 valence electrons. The van der Waals surface area contributed by atoms with Crippen LogP contribution in [-0.2, 0) is 0 Å². The van der Waals surface area contributed by atoms with Gasteiger partial charge in [0.2, 0.25) is 0 Å². The first kappa shape index (κ1) is 16.9. The zero-order chi connectivity index (χ0) is 18.7. The molecule has 0 bridgehead atoms. The van der Waals surface area contributed by atoms with Gasteiger partial charge in [0.15, 0.2) is 0 Å².